The highest BCUT2D eigenvalue weighted by molar-refractivity contribution is 6.30. The Bertz CT molecular complexity index is 696. The van der Waals surface area contributed by atoms with Crippen molar-refractivity contribution in [2.75, 3.05) is 6.61 Å². The van der Waals surface area contributed by atoms with Gasteiger partial charge in [0.1, 0.15) is 11.9 Å². The minimum atomic E-state index is -0.231. The van der Waals surface area contributed by atoms with Gasteiger partial charge >= 0.3 is 0 Å². The highest BCUT2D eigenvalue weighted by Crippen LogP contribution is 2.27. The molecule has 5 nitrogen and oxygen atoms in total. The average Bonchev–Trinajstić information content (AvgIpc) is 2.94. The first kappa shape index (κ1) is 16.8. The number of hydrogen-bond donors (Lipinski definition) is 3. The standard InChI is InChI=1S/C18H20ClN3O2/c1-12-17(13-6-5-7-14(19)10-13)18(22-21-12)20-16(23)11-24-15-8-3-2-4-9-15/h2-10,12,17-18,21-22H,11H2,1H3,(H,20,23). The molecule has 1 aliphatic heterocycles. The van der Waals surface area contributed by atoms with Gasteiger partial charge in [-0.2, -0.15) is 0 Å². The summed E-state index contributed by atoms with van der Waals surface area (Å²) < 4.78 is 5.48. The van der Waals surface area contributed by atoms with Crippen molar-refractivity contribution in [1.29, 1.82) is 0 Å². The van der Waals surface area contributed by atoms with E-state index < -0.39 is 0 Å². The maximum atomic E-state index is 12.2. The number of carbonyl (C=O) groups excluding carboxylic acids is 1. The van der Waals surface area contributed by atoms with Crippen LogP contribution in [0.4, 0.5) is 0 Å². The predicted molar refractivity (Wildman–Crippen MR) is 93.8 cm³/mol. The summed E-state index contributed by atoms with van der Waals surface area (Å²) in [5.74, 6) is 0.563. The Morgan fingerprint density at radius 3 is 2.71 bits per heavy atom. The molecule has 0 aromatic heterocycles. The Labute approximate surface area is 146 Å². The third-order valence-corrected chi connectivity index (χ3v) is 4.26. The van der Waals surface area contributed by atoms with E-state index in [1.807, 2.05) is 54.6 Å². The summed E-state index contributed by atoms with van der Waals surface area (Å²) >= 11 is 6.09. The van der Waals surface area contributed by atoms with Gasteiger partial charge in [-0.25, -0.2) is 5.43 Å². The van der Waals surface area contributed by atoms with Crippen LogP contribution in [0.5, 0.6) is 5.75 Å². The predicted octanol–water partition coefficient (Wildman–Crippen LogP) is 2.44. The van der Waals surface area contributed by atoms with Crippen molar-refractivity contribution in [3.8, 4) is 5.75 Å². The molecule has 1 saturated heterocycles. The van der Waals surface area contributed by atoms with Gasteiger partial charge in [0, 0.05) is 17.0 Å². The summed E-state index contributed by atoms with van der Waals surface area (Å²) in [6, 6.07) is 17.1. The highest BCUT2D eigenvalue weighted by Gasteiger charge is 2.35. The summed E-state index contributed by atoms with van der Waals surface area (Å²) in [7, 11) is 0. The lowest BCUT2D eigenvalue weighted by molar-refractivity contribution is -0.124. The van der Waals surface area contributed by atoms with E-state index in [1.165, 1.54) is 0 Å². The molecule has 2 aromatic rings. The van der Waals surface area contributed by atoms with Gasteiger partial charge in [-0.05, 0) is 36.8 Å². The molecule has 3 unspecified atom stereocenters. The number of amides is 1. The molecule has 1 aliphatic rings. The van der Waals surface area contributed by atoms with Crippen LogP contribution in [-0.2, 0) is 4.79 Å². The number of halogens is 1. The molecule has 3 N–H and O–H groups in total. The fraction of sp³-hybridized carbons (Fsp3) is 0.278. The van der Waals surface area contributed by atoms with Crippen LogP contribution >= 0.6 is 11.6 Å². The third kappa shape index (κ3) is 4.06. The molecular formula is C18H20ClN3O2. The lowest BCUT2D eigenvalue weighted by Gasteiger charge is -2.22. The lowest BCUT2D eigenvalue weighted by Crippen LogP contribution is -2.47. The molecule has 6 heteroatoms. The zero-order valence-electron chi connectivity index (χ0n) is 13.3. The Morgan fingerprint density at radius 1 is 1.17 bits per heavy atom. The molecule has 24 heavy (non-hydrogen) atoms. The van der Waals surface area contributed by atoms with E-state index in [0.29, 0.717) is 10.8 Å². The van der Waals surface area contributed by atoms with Gasteiger partial charge in [-0.15, -0.1) is 0 Å². The quantitative estimate of drug-likeness (QED) is 0.779. The fourth-order valence-corrected chi connectivity index (χ4v) is 3.09. The first-order chi connectivity index (χ1) is 11.6. The average molecular weight is 346 g/mol. The first-order valence-electron chi connectivity index (χ1n) is 7.87. The highest BCUT2D eigenvalue weighted by atomic mass is 35.5. The van der Waals surface area contributed by atoms with E-state index in [9.17, 15) is 4.79 Å². The summed E-state index contributed by atoms with van der Waals surface area (Å²) in [6.45, 7) is 2.03. The molecule has 0 bridgehead atoms. The summed E-state index contributed by atoms with van der Waals surface area (Å²) in [6.07, 6.45) is -0.231. The van der Waals surface area contributed by atoms with Gasteiger partial charge in [-0.3, -0.25) is 10.2 Å². The van der Waals surface area contributed by atoms with Crippen molar-refractivity contribution in [2.24, 2.45) is 0 Å². The molecule has 0 saturated carbocycles. The Kier molecular flexibility index (Phi) is 5.35. The molecule has 0 spiro atoms. The molecule has 3 atom stereocenters. The summed E-state index contributed by atoms with van der Waals surface area (Å²) in [5, 5.41) is 3.65. The fourth-order valence-electron chi connectivity index (χ4n) is 2.89. The normalized spacial score (nSPS) is 23.0. The van der Waals surface area contributed by atoms with E-state index in [-0.39, 0.29) is 30.6 Å². The van der Waals surface area contributed by atoms with Crippen LogP contribution in [0.1, 0.15) is 18.4 Å². The van der Waals surface area contributed by atoms with Gasteiger partial charge in [0.25, 0.3) is 5.91 Å². The van der Waals surface area contributed by atoms with Crippen LogP contribution in [0.25, 0.3) is 0 Å². The monoisotopic (exact) mass is 345 g/mol. The van der Waals surface area contributed by atoms with Gasteiger partial charge in [0.05, 0.1) is 0 Å². The largest absolute Gasteiger partial charge is 0.484 e. The Hall–Kier alpha value is -2.08. The maximum Gasteiger partial charge on any atom is 0.259 e. The smallest absolute Gasteiger partial charge is 0.259 e. The molecule has 0 radical (unpaired) electrons. The molecule has 0 aliphatic carbocycles. The zero-order valence-corrected chi connectivity index (χ0v) is 14.1. The number of carbonyl (C=O) groups is 1. The van der Waals surface area contributed by atoms with Crippen molar-refractivity contribution in [2.45, 2.75) is 25.0 Å². The number of hydrazine groups is 1. The van der Waals surface area contributed by atoms with Crippen LogP contribution < -0.4 is 20.9 Å². The maximum absolute atomic E-state index is 12.2. The van der Waals surface area contributed by atoms with Gasteiger partial charge < -0.3 is 10.1 Å². The molecule has 3 rings (SSSR count). The minimum Gasteiger partial charge on any atom is -0.484 e. The van der Waals surface area contributed by atoms with Gasteiger partial charge in [0.15, 0.2) is 6.61 Å². The molecule has 2 aromatic carbocycles. The Balaban J connectivity index is 1.62. The number of hydrogen-bond acceptors (Lipinski definition) is 4. The second-order valence-electron chi connectivity index (χ2n) is 5.81. The first-order valence-corrected chi connectivity index (χ1v) is 8.25. The van der Waals surface area contributed by atoms with Crippen LogP contribution in [0, 0.1) is 0 Å². The van der Waals surface area contributed by atoms with Gasteiger partial charge in [-0.1, -0.05) is 41.9 Å². The van der Waals surface area contributed by atoms with E-state index in [4.69, 9.17) is 16.3 Å². The van der Waals surface area contributed by atoms with Gasteiger partial charge in [0.2, 0.25) is 0 Å². The third-order valence-electron chi connectivity index (χ3n) is 4.03. The molecule has 126 valence electrons. The SMILES string of the molecule is CC1NNC(NC(=O)COc2ccccc2)C1c1cccc(Cl)c1. The Morgan fingerprint density at radius 2 is 1.96 bits per heavy atom. The second-order valence-corrected chi connectivity index (χ2v) is 6.24. The van der Waals surface area contributed by atoms with E-state index in [1.54, 1.807) is 0 Å². The van der Waals surface area contributed by atoms with Crippen LogP contribution in [0.2, 0.25) is 5.02 Å². The topological polar surface area (TPSA) is 62.4 Å². The molecule has 1 fully saturated rings. The number of para-hydroxylation sites is 1. The van der Waals surface area contributed by atoms with Crippen molar-refractivity contribution in [3.63, 3.8) is 0 Å². The second kappa shape index (κ2) is 7.66. The van der Waals surface area contributed by atoms with Crippen molar-refractivity contribution in [3.05, 3.63) is 65.2 Å². The number of benzene rings is 2. The summed E-state index contributed by atoms with van der Waals surface area (Å²) in [5.41, 5.74) is 7.36. The molecular weight excluding hydrogens is 326 g/mol. The minimum absolute atomic E-state index is 0.0289. The van der Waals surface area contributed by atoms with Crippen LogP contribution in [0.3, 0.4) is 0 Å². The van der Waals surface area contributed by atoms with Crippen LogP contribution in [0.15, 0.2) is 54.6 Å². The summed E-state index contributed by atoms with van der Waals surface area (Å²) in [4.78, 5) is 12.2. The van der Waals surface area contributed by atoms with Crippen molar-refractivity contribution in [1.82, 2.24) is 16.2 Å². The number of rotatable bonds is 5. The zero-order chi connectivity index (χ0) is 16.9. The lowest BCUT2D eigenvalue weighted by atomic mass is 9.91. The van der Waals surface area contributed by atoms with Crippen LogP contribution in [-0.4, -0.2) is 24.7 Å². The van der Waals surface area contributed by atoms with Crippen molar-refractivity contribution < 1.29 is 9.53 Å². The molecule has 1 heterocycles. The van der Waals surface area contributed by atoms with E-state index in [2.05, 4.69) is 23.1 Å². The molecule has 1 amide bonds. The number of ether oxygens (including phenoxy) is 1. The van der Waals surface area contributed by atoms with E-state index >= 15 is 0 Å². The van der Waals surface area contributed by atoms with E-state index in [0.717, 1.165) is 5.56 Å². The van der Waals surface area contributed by atoms with Crippen molar-refractivity contribution >= 4 is 17.5 Å². The number of nitrogens with one attached hydrogen (secondary N) is 3.